The summed E-state index contributed by atoms with van der Waals surface area (Å²) in [5, 5.41) is 0. The predicted molar refractivity (Wildman–Crippen MR) is 89.4 cm³/mol. The van der Waals surface area contributed by atoms with Crippen molar-refractivity contribution in [1.29, 1.82) is 0 Å². The van der Waals surface area contributed by atoms with Crippen molar-refractivity contribution in [2.75, 3.05) is 13.7 Å². The molecule has 0 aliphatic heterocycles. The number of methoxy groups -OCH3 is 1. The summed E-state index contributed by atoms with van der Waals surface area (Å²) in [4.78, 5) is 11.5. The molecule has 2 rings (SSSR count). The fourth-order valence-electron chi connectivity index (χ4n) is 2.06. The Bertz CT molecular complexity index is 662. The molecule has 2 aromatic carbocycles. The van der Waals surface area contributed by atoms with E-state index in [-0.39, 0.29) is 5.97 Å². The van der Waals surface area contributed by atoms with Gasteiger partial charge < -0.3 is 14.2 Å². The molecule has 0 spiro atoms. The summed E-state index contributed by atoms with van der Waals surface area (Å²) in [6.07, 6.45) is 3.05. The highest BCUT2D eigenvalue weighted by Crippen LogP contribution is 2.32. The lowest BCUT2D eigenvalue weighted by Crippen LogP contribution is -2.01. The Hall–Kier alpha value is -2.75. The van der Waals surface area contributed by atoms with Crippen LogP contribution in [0.1, 0.15) is 18.1 Å². The van der Waals surface area contributed by atoms with Crippen molar-refractivity contribution in [3.05, 3.63) is 65.7 Å². The topological polar surface area (TPSA) is 44.8 Å². The number of ether oxygens (including phenoxy) is 3. The Morgan fingerprint density at radius 1 is 1.09 bits per heavy atom. The number of hydrogen-bond acceptors (Lipinski definition) is 4. The Balaban J connectivity index is 2.20. The van der Waals surface area contributed by atoms with Gasteiger partial charge in [-0.05, 0) is 24.6 Å². The van der Waals surface area contributed by atoms with Gasteiger partial charge in [0.15, 0.2) is 11.5 Å². The molecule has 4 heteroatoms. The summed E-state index contributed by atoms with van der Waals surface area (Å²) < 4.78 is 16.2. The summed E-state index contributed by atoms with van der Waals surface area (Å²) in [6.45, 7) is 2.53. The summed E-state index contributed by atoms with van der Waals surface area (Å²) in [6, 6.07) is 15.4. The highest BCUT2D eigenvalue weighted by molar-refractivity contribution is 5.87. The van der Waals surface area contributed by atoms with E-state index in [0.29, 0.717) is 24.7 Å². The fourth-order valence-corrected chi connectivity index (χ4v) is 2.06. The second-order valence-electron chi connectivity index (χ2n) is 4.74. The van der Waals surface area contributed by atoms with Crippen LogP contribution in [0.25, 0.3) is 6.08 Å². The van der Waals surface area contributed by atoms with E-state index in [2.05, 4.69) is 0 Å². The molecular weight excluding hydrogens is 292 g/mol. The normalized spacial score (nSPS) is 10.5. The van der Waals surface area contributed by atoms with Crippen LogP contribution in [0.4, 0.5) is 0 Å². The van der Waals surface area contributed by atoms with Crippen LogP contribution in [0.5, 0.6) is 11.5 Å². The smallest absolute Gasteiger partial charge is 0.330 e. The third-order valence-electron chi connectivity index (χ3n) is 3.14. The minimum absolute atomic E-state index is 0.346. The Kier molecular flexibility index (Phi) is 6.24. The van der Waals surface area contributed by atoms with Crippen LogP contribution in [-0.4, -0.2) is 19.7 Å². The molecule has 23 heavy (non-hydrogen) atoms. The van der Waals surface area contributed by atoms with Gasteiger partial charge in [0.25, 0.3) is 0 Å². The van der Waals surface area contributed by atoms with Gasteiger partial charge in [0.05, 0.1) is 13.7 Å². The molecule has 0 aliphatic rings. The van der Waals surface area contributed by atoms with Crippen molar-refractivity contribution < 1.29 is 19.0 Å². The molecule has 0 amide bonds. The van der Waals surface area contributed by atoms with E-state index in [0.717, 1.165) is 11.1 Å². The maximum atomic E-state index is 11.5. The number of hydrogen-bond donors (Lipinski definition) is 0. The molecule has 0 heterocycles. The van der Waals surface area contributed by atoms with Gasteiger partial charge in [-0.1, -0.05) is 42.5 Å². The van der Waals surface area contributed by atoms with Gasteiger partial charge in [-0.3, -0.25) is 0 Å². The molecule has 0 aromatic heterocycles. The molecule has 0 atom stereocenters. The van der Waals surface area contributed by atoms with E-state index in [9.17, 15) is 4.79 Å². The summed E-state index contributed by atoms with van der Waals surface area (Å²) >= 11 is 0. The van der Waals surface area contributed by atoms with Crippen LogP contribution in [0, 0.1) is 0 Å². The highest BCUT2D eigenvalue weighted by atomic mass is 16.5. The SMILES string of the molecule is CCOC(=O)C=Cc1cccc(OC)c1OCc1ccccc1. The monoisotopic (exact) mass is 312 g/mol. The molecule has 0 aliphatic carbocycles. The Labute approximate surface area is 136 Å². The van der Waals surface area contributed by atoms with Gasteiger partial charge >= 0.3 is 5.97 Å². The van der Waals surface area contributed by atoms with Gasteiger partial charge in [0.1, 0.15) is 6.61 Å². The van der Waals surface area contributed by atoms with Crippen molar-refractivity contribution in [2.24, 2.45) is 0 Å². The van der Waals surface area contributed by atoms with E-state index in [1.54, 1.807) is 20.1 Å². The van der Waals surface area contributed by atoms with Crippen molar-refractivity contribution in [2.45, 2.75) is 13.5 Å². The third-order valence-corrected chi connectivity index (χ3v) is 3.14. The first kappa shape index (κ1) is 16.6. The summed E-state index contributed by atoms with van der Waals surface area (Å²) in [5.74, 6) is 0.829. The molecular formula is C19H20O4. The number of rotatable bonds is 7. The van der Waals surface area contributed by atoms with Crippen molar-refractivity contribution in [1.82, 2.24) is 0 Å². The molecule has 4 nitrogen and oxygen atoms in total. The second kappa shape index (κ2) is 8.63. The number of para-hydroxylation sites is 1. The van der Waals surface area contributed by atoms with Crippen LogP contribution in [0.15, 0.2) is 54.6 Å². The van der Waals surface area contributed by atoms with Gasteiger partial charge in [0, 0.05) is 11.6 Å². The molecule has 0 fully saturated rings. The van der Waals surface area contributed by atoms with Crippen LogP contribution in [-0.2, 0) is 16.1 Å². The number of benzene rings is 2. The zero-order valence-electron chi connectivity index (χ0n) is 13.3. The average molecular weight is 312 g/mol. The largest absolute Gasteiger partial charge is 0.493 e. The summed E-state index contributed by atoms with van der Waals surface area (Å²) in [7, 11) is 1.59. The predicted octanol–water partition coefficient (Wildman–Crippen LogP) is 3.85. The standard InChI is InChI=1S/C19H20O4/c1-3-22-18(20)13-12-16-10-7-11-17(21-2)19(16)23-14-15-8-5-4-6-9-15/h4-13H,3,14H2,1-2H3. The van der Waals surface area contributed by atoms with E-state index >= 15 is 0 Å². The maximum Gasteiger partial charge on any atom is 0.330 e. The molecule has 0 radical (unpaired) electrons. The first-order chi connectivity index (χ1) is 11.2. The average Bonchev–Trinajstić information content (AvgIpc) is 2.59. The molecule has 2 aromatic rings. The molecule has 0 saturated carbocycles. The lowest BCUT2D eigenvalue weighted by atomic mass is 10.1. The van der Waals surface area contributed by atoms with Gasteiger partial charge in [-0.15, -0.1) is 0 Å². The first-order valence-corrected chi connectivity index (χ1v) is 7.43. The third kappa shape index (κ3) is 4.88. The first-order valence-electron chi connectivity index (χ1n) is 7.43. The van der Waals surface area contributed by atoms with E-state index in [4.69, 9.17) is 14.2 Å². The van der Waals surface area contributed by atoms with Crippen LogP contribution < -0.4 is 9.47 Å². The summed E-state index contributed by atoms with van der Waals surface area (Å²) in [5.41, 5.74) is 1.81. The van der Waals surface area contributed by atoms with Crippen molar-refractivity contribution in [3.63, 3.8) is 0 Å². The van der Waals surface area contributed by atoms with Gasteiger partial charge in [0.2, 0.25) is 0 Å². The highest BCUT2D eigenvalue weighted by Gasteiger charge is 2.09. The van der Waals surface area contributed by atoms with Gasteiger partial charge in [-0.2, -0.15) is 0 Å². The fraction of sp³-hybridized carbons (Fsp3) is 0.211. The maximum absolute atomic E-state index is 11.5. The van der Waals surface area contributed by atoms with Crippen LogP contribution in [0.2, 0.25) is 0 Å². The van der Waals surface area contributed by atoms with E-state index in [1.165, 1.54) is 6.08 Å². The van der Waals surface area contributed by atoms with Crippen LogP contribution in [0.3, 0.4) is 0 Å². The quantitative estimate of drug-likeness (QED) is 0.575. The molecule has 0 unspecified atom stereocenters. The number of esters is 1. The van der Waals surface area contributed by atoms with Crippen molar-refractivity contribution in [3.8, 4) is 11.5 Å². The minimum atomic E-state index is -0.385. The Morgan fingerprint density at radius 3 is 2.57 bits per heavy atom. The lowest BCUT2D eigenvalue weighted by molar-refractivity contribution is -0.137. The molecule has 120 valence electrons. The second-order valence-corrected chi connectivity index (χ2v) is 4.74. The van der Waals surface area contributed by atoms with Crippen molar-refractivity contribution >= 4 is 12.0 Å². The molecule has 0 bridgehead atoms. The van der Waals surface area contributed by atoms with E-state index < -0.39 is 0 Å². The minimum Gasteiger partial charge on any atom is -0.493 e. The Morgan fingerprint density at radius 2 is 1.87 bits per heavy atom. The van der Waals surface area contributed by atoms with E-state index in [1.807, 2.05) is 48.5 Å². The number of carbonyl (C=O) groups excluding carboxylic acids is 1. The zero-order chi connectivity index (χ0) is 16.5. The molecule has 0 N–H and O–H groups in total. The number of carbonyl (C=O) groups is 1. The zero-order valence-corrected chi connectivity index (χ0v) is 13.3. The lowest BCUT2D eigenvalue weighted by Gasteiger charge is -2.13. The van der Waals surface area contributed by atoms with Gasteiger partial charge in [-0.25, -0.2) is 4.79 Å². The molecule has 0 saturated heterocycles. The van der Waals surface area contributed by atoms with Crippen LogP contribution >= 0.6 is 0 Å².